The number of carbonyl (C=O) groups excluding carboxylic acids is 1. The number of carbonyl (C=O) groups is 1. The van der Waals surface area contributed by atoms with E-state index in [9.17, 15) is 9.59 Å². The Morgan fingerprint density at radius 2 is 1.96 bits per heavy atom. The lowest BCUT2D eigenvalue weighted by Crippen LogP contribution is -2.42. The van der Waals surface area contributed by atoms with Crippen molar-refractivity contribution in [1.29, 1.82) is 0 Å². The highest BCUT2D eigenvalue weighted by Crippen LogP contribution is 2.24. The molecule has 0 unspecified atom stereocenters. The van der Waals surface area contributed by atoms with Crippen molar-refractivity contribution in [3.63, 3.8) is 0 Å². The summed E-state index contributed by atoms with van der Waals surface area (Å²) in [5.74, 6) is 0.310. The summed E-state index contributed by atoms with van der Waals surface area (Å²) in [6.45, 7) is 4.70. The molecular weight excluding hydrogens is 302 g/mol. The SMILES string of the molecule is CCCn1nc(C(=O)N[C@H]2CCCC[C@H]2C)c2ccccc2c1=O. The van der Waals surface area contributed by atoms with Gasteiger partial charge >= 0.3 is 0 Å². The molecule has 0 radical (unpaired) electrons. The van der Waals surface area contributed by atoms with Crippen molar-refractivity contribution in [3.8, 4) is 0 Å². The van der Waals surface area contributed by atoms with Crippen molar-refractivity contribution >= 4 is 16.7 Å². The number of hydrogen-bond donors (Lipinski definition) is 1. The summed E-state index contributed by atoms with van der Waals surface area (Å²) in [7, 11) is 0. The van der Waals surface area contributed by atoms with Crippen molar-refractivity contribution < 1.29 is 4.79 Å². The van der Waals surface area contributed by atoms with E-state index in [1.54, 1.807) is 12.1 Å². The van der Waals surface area contributed by atoms with Gasteiger partial charge in [-0.1, -0.05) is 44.9 Å². The molecule has 24 heavy (non-hydrogen) atoms. The molecule has 1 heterocycles. The van der Waals surface area contributed by atoms with Gasteiger partial charge in [-0.25, -0.2) is 4.68 Å². The van der Waals surface area contributed by atoms with Crippen molar-refractivity contribution in [2.24, 2.45) is 5.92 Å². The van der Waals surface area contributed by atoms with Gasteiger partial charge in [0.2, 0.25) is 0 Å². The van der Waals surface area contributed by atoms with Gasteiger partial charge < -0.3 is 5.32 Å². The fourth-order valence-electron chi connectivity index (χ4n) is 3.53. The number of aryl methyl sites for hydroxylation is 1. The molecule has 5 nitrogen and oxygen atoms in total. The summed E-state index contributed by atoms with van der Waals surface area (Å²) in [6.07, 6.45) is 5.34. The normalized spacial score (nSPS) is 20.9. The summed E-state index contributed by atoms with van der Waals surface area (Å²) in [4.78, 5) is 25.4. The zero-order chi connectivity index (χ0) is 17.1. The third kappa shape index (κ3) is 3.21. The van der Waals surface area contributed by atoms with E-state index in [1.807, 2.05) is 19.1 Å². The maximum Gasteiger partial charge on any atom is 0.274 e. The lowest BCUT2D eigenvalue weighted by Gasteiger charge is -2.29. The molecule has 2 aromatic rings. The van der Waals surface area contributed by atoms with Crippen molar-refractivity contribution in [3.05, 3.63) is 40.3 Å². The summed E-state index contributed by atoms with van der Waals surface area (Å²) < 4.78 is 1.42. The van der Waals surface area contributed by atoms with Gasteiger partial charge in [0.25, 0.3) is 11.5 Å². The van der Waals surface area contributed by atoms with Gasteiger partial charge in [-0.3, -0.25) is 9.59 Å². The van der Waals surface area contributed by atoms with Crippen LogP contribution in [0, 0.1) is 5.92 Å². The van der Waals surface area contributed by atoms with E-state index in [-0.39, 0.29) is 17.5 Å². The molecule has 1 aromatic carbocycles. The van der Waals surface area contributed by atoms with Gasteiger partial charge in [0.15, 0.2) is 5.69 Å². The fourth-order valence-corrected chi connectivity index (χ4v) is 3.53. The van der Waals surface area contributed by atoms with Crippen LogP contribution in [0.3, 0.4) is 0 Å². The summed E-state index contributed by atoms with van der Waals surface area (Å²) in [6, 6.07) is 7.43. The number of aromatic nitrogens is 2. The Morgan fingerprint density at radius 1 is 1.25 bits per heavy atom. The van der Waals surface area contributed by atoms with E-state index in [0.29, 0.717) is 28.9 Å². The molecule has 128 valence electrons. The van der Waals surface area contributed by atoms with Crippen LogP contribution in [-0.2, 0) is 6.54 Å². The van der Waals surface area contributed by atoms with Gasteiger partial charge in [0, 0.05) is 18.0 Å². The maximum absolute atomic E-state index is 12.9. The minimum atomic E-state index is -0.171. The summed E-state index contributed by atoms with van der Waals surface area (Å²) in [5.41, 5.74) is 0.228. The molecule has 0 spiro atoms. The Kier molecular flexibility index (Phi) is 4.97. The standard InChI is InChI=1S/C19H25N3O2/c1-3-12-22-19(24)15-10-6-5-9-14(15)17(21-22)18(23)20-16-11-7-4-8-13(16)2/h5-6,9-10,13,16H,3-4,7-8,11-12H2,1-2H3,(H,20,23)/t13-,16+/m1/s1. The minimum Gasteiger partial charge on any atom is -0.348 e. The zero-order valence-electron chi connectivity index (χ0n) is 14.4. The first-order valence-electron chi connectivity index (χ1n) is 8.92. The number of fused-ring (bicyclic) bond motifs is 1. The number of hydrogen-bond acceptors (Lipinski definition) is 3. The molecule has 1 amide bonds. The second-order valence-electron chi connectivity index (χ2n) is 6.76. The molecule has 1 saturated carbocycles. The third-order valence-electron chi connectivity index (χ3n) is 4.95. The van der Waals surface area contributed by atoms with Crippen molar-refractivity contribution in [2.75, 3.05) is 0 Å². The maximum atomic E-state index is 12.9. The van der Waals surface area contributed by atoms with E-state index in [4.69, 9.17) is 0 Å². The van der Waals surface area contributed by atoms with Crippen LogP contribution in [0.25, 0.3) is 10.8 Å². The first-order chi connectivity index (χ1) is 11.6. The van der Waals surface area contributed by atoms with E-state index in [0.717, 1.165) is 25.7 Å². The minimum absolute atomic E-state index is 0.130. The first-order valence-corrected chi connectivity index (χ1v) is 8.92. The van der Waals surface area contributed by atoms with Crippen LogP contribution >= 0.6 is 0 Å². The zero-order valence-corrected chi connectivity index (χ0v) is 14.4. The summed E-state index contributed by atoms with van der Waals surface area (Å²) >= 11 is 0. The molecule has 1 aliphatic rings. The third-order valence-corrected chi connectivity index (χ3v) is 4.95. The Morgan fingerprint density at radius 3 is 2.67 bits per heavy atom. The molecule has 0 aliphatic heterocycles. The van der Waals surface area contributed by atoms with Crippen LogP contribution in [0.2, 0.25) is 0 Å². The molecule has 1 aliphatic carbocycles. The quantitative estimate of drug-likeness (QED) is 0.938. The average molecular weight is 327 g/mol. The monoisotopic (exact) mass is 327 g/mol. The molecule has 2 atom stereocenters. The number of benzene rings is 1. The smallest absolute Gasteiger partial charge is 0.274 e. The fraction of sp³-hybridized carbons (Fsp3) is 0.526. The van der Waals surface area contributed by atoms with Gasteiger partial charge in [0.05, 0.1) is 5.39 Å². The number of nitrogens with zero attached hydrogens (tertiary/aromatic N) is 2. The van der Waals surface area contributed by atoms with Crippen LogP contribution in [0.5, 0.6) is 0 Å². The van der Waals surface area contributed by atoms with Gasteiger partial charge in [-0.05, 0) is 31.2 Å². The van der Waals surface area contributed by atoms with Crippen LogP contribution < -0.4 is 10.9 Å². The second-order valence-corrected chi connectivity index (χ2v) is 6.76. The molecule has 1 fully saturated rings. The molecule has 1 aromatic heterocycles. The van der Waals surface area contributed by atoms with Gasteiger partial charge in [0.1, 0.15) is 0 Å². The predicted molar refractivity (Wildman–Crippen MR) is 95.2 cm³/mol. The summed E-state index contributed by atoms with van der Waals surface area (Å²) in [5, 5.41) is 8.71. The highest BCUT2D eigenvalue weighted by Gasteiger charge is 2.25. The predicted octanol–water partition coefficient (Wildman–Crippen LogP) is 3.12. The lowest BCUT2D eigenvalue weighted by atomic mass is 9.86. The van der Waals surface area contributed by atoms with Crippen LogP contribution in [0.1, 0.15) is 56.4 Å². The van der Waals surface area contributed by atoms with Crippen LogP contribution in [0.4, 0.5) is 0 Å². The molecule has 1 N–H and O–H groups in total. The van der Waals surface area contributed by atoms with E-state index >= 15 is 0 Å². The van der Waals surface area contributed by atoms with Gasteiger partial charge in [-0.2, -0.15) is 5.10 Å². The Bertz CT molecular complexity index is 797. The van der Waals surface area contributed by atoms with E-state index < -0.39 is 0 Å². The largest absolute Gasteiger partial charge is 0.348 e. The Labute approximate surface area is 142 Å². The molecular formula is C19H25N3O2. The molecule has 0 saturated heterocycles. The van der Waals surface area contributed by atoms with Crippen LogP contribution in [0.15, 0.2) is 29.1 Å². The highest BCUT2D eigenvalue weighted by atomic mass is 16.2. The molecule has 0 bridgehead atoms. The van der Waals surface area contributed by atoms with Crippen molar-refractivity contribution in [2.45, 2.75) is 58.5 Å². The molecule has 3 rings (SSSR count). The van der Waals surface area contributed by atoms with E-state index in [1.165, 1.54) is 11.1 Å². The average Bonchev–Trinajstić information content (AvgIpc) is 2.59. The van der Waals surface area contributed by atoms with Gasteiger partial charge in [-0.15, -0.1) is 0 Å². The number of rotatable bonds is 4. The number of nitrogens with one attached hydrogen (secondary N) is 1. The Hall–Kier alpha value is -2.17. The van der Waals surface area contributed by atoms with E-state index in [2.05, 4.69) is 17.3 Å². The topological polar surface area (TPSA) is 64.0 Å². The second kappa shape index (κ2) is 7.16. The molecule has 5 heteroatoms. The van der Waals surface area contributed by atoms with Crippen LogP contribution in [-0.4, -0.2) is 21.7 Å². The lowest BCUT2D eigenvalue weighted by molar-refractivity contribution is 0.0904. The first kappa shape index (κ1) is 16.7. The highest BCUT2D eigenvalue weighted by molar-refractivity contribution is 6.04. The Balaban J connectivity index is 1.99. The number of amides is 1. The van der Waals surface area contributed by atoms with Crippen molar-refractivity contribution in [1.82, 2.24) is 15.1 Å².